The predicted octanol–water partition coefficient (Wildman–Crippen LogP) is 4.91. The molecule has 0 unspecified atom stereocenters. The molecule has 4 nitrogen and oxygen atoms in total. The van der Waals surface area contributed by atoms with Crippen molar-refractivity contribution in [2.24, 2.45) is 11.8 Å². The molecular weight excluding hydrogens is 344 g/mol. The minimum absolute atomic E-state index is 0.586. The molecule has 4 rings (SSSR count). The second-order valence-corrected chi connectivity index (χ2v) is 8.18. The summed E-state index contributed by atoms with van der Waals surface area (Å²) in [4.78, 5) is 4.30. The molecule has 4 heteroatoms. The normalized spacial score (nSPS) is 22.3. The summed E-state index contributed by atoms with van der Waals surface area (Å²) in [5.74, 6) is 1.51. The summed E-state index contributed by atoms with van der Waals surface area (Å²) in [6.07, 6.45) is 9.86. The molecule has 0 aliphatic heterocycles. The fourth-order valence-electron chi connectivity index (χ4n) is 4.30. The van der Waals surface area contributed by atoms with E-state index in [9.17, 15) is 0 Å². The van der Waals surface area contributed by atoms with Gasteiger partial charge in [-0.25, -0.2) is 0 Å². The van der Waals surface area contributed by atoms with Crippen molar-refractivity contribution in [3.05, 3.63) is 72.2 Å². The van der Waals surface area contributed by atoms with Crippen molar-refractivity contribution in [2.75, 3.05) is 0 Å². The molecule has 0 radical (unpaired) electrons. The third-order valence-electron chi connectivity index (χ3n) is 6.22. The average molecular weight is 375 g/mol. The van der Waals surface area contributed by atoms with Crippen molar-refractivity contribution in [2.45, 2.75) is 52.2 Å². The first-order valence-corrected chi connectivity index (χ1v) is 10.4. The maximum Gasteiger partial charge on any atom is 0.0983 e. The number of benzene rings is 1. The molecule has 1 aliphatic rings. The maximum atomic E-state index is 4.91. The van der Waals surface area contributed by atoms with Crippen LogP contribution in [0.3, 0.4) is 0 Å². The van der Waals surface area contributed by atoms with Gasteiger partial charge in [0, 0.05) is 42.3 Å². The van der Waals surface area contributed by atoms with Crippen LogP contribution in [0, 0.1) is 11.8 Å². The number of aromatic nitrogens is 3. The van der Waals surface area contributed by atoms with Gasteiger partial charge in [0.2, 0.25) is 0 Å². The predicted molar refractivity (Wildman–Crippen MR) is 114 cm³/mol. The van der Waals surface area contributed by atoms with Crippen molar-refractivity contribution in [3.8, 4) is 11.3 Å². The standard InChI is InChI=1S/C24H30N4/c1-18-8-6-12-23(19(18)2)26-15-22-17-28(16-20-9-4-3-5-10-20)27-24(22)21-11-7-13-25-14-21/h3-5,7,9-11,13-14,17-19,23,26H,6,8,12,15-16H2,1-2H3/t18-,19-,23+/m1/s1. The summed E-state index contributed by atoms with van der Waals surface area (Å²) < 4.78 is 2.06. The lowest BCUT2D eigenvalue weighted by atomic mass is 9.78. The summed E-state index contributed by atoms with van der Waals surface area (Å²) in [5.41, 5.74) is 4.62. The van der Waals surface area contributed by atoms with Crippen LogP contribution in [0.2, 0.25) is 0 Å². The van der Waals surface area contributed by atoms with Crippen LogP contribution in [0.1, 0.15) is 44.2 Å². The highest BCUT2D eigenvalue weighted by molar-refractivity contribution is 5.61. The number of hydrogen-bond acceptors (Lipinski definition) is 3. The molecule has 3 atom stereocenters. The molecule has 28 heavy (non-hydrogen) atoms. The topological polar surface area (TPSA) is 42.7 Å². The monoisotopic (exact) mass is 374 g/mol. The van der Waals surface area contributed by atoms with Crippen LogP contribution in [0.5, 0.6) is 0 Å². The molecule has 0 amide bonds. The Labute approximate surface area is 168 Å². The van der Waals surface area contributed by atoms with Gasteiger partial charge in [-0.05, 0) is 36.0 Å². The summed E-state index contributed by atoms with van der Waals surface area (Å²) in [6, 6.07) is 15.2. The van der Waals surface area contributed by atoms with Crippen molar-refractivity contribution in [3.63, 3.8) is 0 Å². The van der Waals surface area contributed by atoms with Gasteiger partial charge >= 0.3 is 0 Å². The second-order valence-electron chi connectivity index (χ2n) is 8.18. The van der Waals surface area contributed by atoms with E-state index >= 15 is 0 Å². The van der Waals surface area contributed by atoms with Crippen LogP contribution in [-0.4, -0.2) is 20.8 Å². The van der Waals surface area contributed by atoms with Gasteiger partial charge in [-0.2, -0.15) is 5.10 Å². The minimum Gasteiger partial charge on any atom is -0.310 e. The lowest BCUT2D eigenvalue weighted by Crippen LogP contribution is -2.40. The highest BCUT2D eigenvalue weighted by Crippen LogP contribution is 2.30. The van der Waals surface area contributed by atoms with E-state index in [1.54, 1.807) is 0 Å². The van der Waals surface area contributed by atoms with Crippen LogP contribution in [0.25, 0.3) is 11.3 Å². The van der Waals surface area contributed by atoms with Crippen molar-refractivity contribution >= 4 is 0 Å². The summed E-state index contributed by atoms with van der Waals surface area (Å²) in [7, 11) is 0. The van der Waals surface area contributed by atoms with E-state index in [4.69, 9.17) is 5.10 Å². The molecule has 1 aliphatic carbocycles. The fraction of sp³-hybridized carbons (Fsp3) is 0.417. The Balaban J connectivity index is 1.56. The number of nitrogens with one attached hydrogen (secondary N) is 1. The van der Waals surface area contributed by atoms with Crippen LogP contribution in [0.4, 0.5) is 0 Å². The van der Waals surface area contributed by atoms with Crippen LogP contribution >= 0.6 is 0 Å². The SMILES string of the molecule is C[C@@H]1[C@H](C)CCC[C@@H]1NCc1cn(Cc2ccccc2)nc1-c1cccnc1. The van der Waals surface area contributed by atoms with Crippen LogP contribution in [-0.2, 0) is 13.1 Å². The Bertz CT molecular complexity index is 872. The Kier molecular flexibility index (Phi) is 5.87. The highest BCUT2D eigenvalue weighted by Gasteiger charge is 2.27. The van der Waals surface area contributed by atoms with E-state index in [0.717, 1.165) is 36.2 Å². The zero-order valence-corrected chi connectivity index (χ0v) is 16.9. The first-order valence-electron chi connectivity index (χ1n) is 10.4. The molecule has 2 aromatic heterocycles. The van der Waals surface area contributed by atoms with Gasteiger partial charge in [-0.3, -0.25) is 9.67 Å². The van der Waals surface area contributed by atoms with E-state index in [2.05, 4.69) is 71.4 Å². The van der Waals surface area contributed by atoms with E-state index in [-0.39, 0.29) is 0 Å². The molecule has 2 heterocycles. The molecule has 3 aromatic rings. The van der Waals surface area contributed by atoms with Gasteiger partial charge in [0.1, 0.15) is 0 Å². The molecule has 1 fully saturated rings. The molecular formula is C24H30N4. The smallest absolute Gasteiger partial charge is 0.0983 e. The van der Waals surface area contributed by atoms with Crippen molar-refractivity contribution in [1.82, 2.24) is 20.1 Å². The summed E-state index contributed by atoms with van der Waals surface area (Å²) >= 11 is 0. The van der Waals surface area contributed by atoms with Gasteiger partial charge < -0.3 is 5.32 Å². The number of rotatable bonds is 6. The minimum atomic E-state index is 0.586. The van der Waals surface area contributed by atoms with E-state index in [0.29, 0.717) is 6.04 Å². The number of hydrogen-bond donors (Lipinski definition) is 1. The lowest BCUT2D eigenvalue weighted by molar-refractivity contribution is 0.206. The van der Waals surface area contributed by atoms with E-state index in [1.165, 1.54) is 30.4 Å². The second kappa shape index (κ2) is 8.70. The van der Waals surface area contributed by atoms with Gasteiger partial charge in [0.15, 0.2) is 0 Å². The van der Waals surface area contributed by atoms with Crippen LogP contribution < -0.4 is 5.32 Å². The quantitative estimate of drug-likeness (QED) is 0.667. The van der Waals surface area contributed by atoms with Gasteiger partial charge in [-0.15, -0.1) is 0 Å². The zero-order chi connectivity index (χ0) is 19.3. The average Bonchev–Trinajstić information content (AvgIpc) is 3.13. The largest absolute Gasteiger partial charge is 0.310 e. The highest BCUT2D eigenvalue weighted by atomic mass is 15.3. The summed E-state index contributed by atoms with van der Waals surface area (Å²) in [5, 5.41) is 8.74. The molecule has 1 N–H and O–H groups in total. The third kappa shape index (κ3) is 4.33. The molecule has 1 saturated carbocycles. The molecule has 0 saturated heterocycles. The Morgan fingerprint density at radius 2 is 1.93 bits per heavy atom. The third-order valence-corrected chi connectivity index (χ3v) is 6.22. The Morgan fingerprint density at radius 3 is 2.71 bits per heavy atom. The zero-order valence-electron chi connectivity index (χ0n) is 16.9. The van der Waals surface area contributed by atoms with E-state index in [1.807, 2.05) is 18.5 Å². The maximum absolute atomic E-state index is 4.91. The Morgan fingerprint density at radius 1 is 1.07 bits per heavy atom. The van der Waals surface area contributed by atoms with Gasteiger partial charge in [-0.1, -0.05) is 57.0 Å². The molecule has 0 spiro atoms. The fourth-order valence-corrected chi connectivity index (χ4v) is 4.30. The number of nitrogens with zero attached hydrogens (tertiary/aromatic N) is 3. The van der Waals surface area contributed by atoms with Crippen LogP contribution in [0.15, 0.2) is 61.1 Å². The molecule has 1 aromatic carbocycles. The lowest BCUT2D eigenvalue weighted by Gasteiger charge is -2.34. The first kappa shape index (κ1) is 18.9. The van der Waals surface area contributed by atoms with Crippen molar-refractivity contribution in [1.29, 1.82) is 0 Å². The number of pyridine rings is 1. The summed E-state index contributed by atoms with van der Waals surface area (Å²) in [6.45, 7) is 6.41. The van der Waals surface area contributed by atoms with E-state index < -0.39 is 0 Å². The van der Waals surface area contributed by atoms with Gasteiger partial charge in [0.05, 0.1) is 12.2 Å². The van der Waals surface area contributed by atoms with Crippen molar-refractivity contribution < 1.29 is 0 Å². The Hall–Kier alpha value is -2.46. The first-order chi connectivity index (χ1) is 13.7. The molecule has 0 bridgehead atoms. The van der Waals surface area contributed by atoms with Gasteiger partial charge in [0.25, 0.3) is 0 Å². The molecule has 146 valence electrons.